The number of carbonyl (C=O) groups is 1. The molecular formula is C3H3FN2O2. The van der Waals surface area contributed by atoms with Gasteiger partial charge in [-0.05, 0) is 0 Å². The van der Waals surface area contributed by atoms with Gasteiger partial charge in [-0.1, -0.05) is 0 Å². The van der Waals surface area contributed by atoms with E-state index in [1.165, 1.54) is 0 Å². The van der Waals surface area contributed by atoms with E-state index >= 15 is 0 Å². The molecule has 0 aromatic rings. The second-order valence-electron chi connectivity index (χ2n) is 0.882. The predicted molar refractivity (Wildman–Crippen MR) is 21.8 cm³/mol. The summed E-state index contributed by atoms with van der Waals surface area (Å²) in [6, 6.07) is 0. The number of nitrogens with zero attached hydrogens (tertiary/aromatic N) is 2. The minimum Gasteiger partial charge on any atom is -0.458 e. The van der Waals surface area contributed by atoms with E-state index < -0.39 is 11.9 Å². The molecule has 0 saturated carbocycles. The van der Waals surface area contributed by atoms with Gasteiger partial charge in [0.25, 0.3) is 0 Å². The summed E-state index contributed by atoms with van der Waals surface area (Å²) in [5.41, 5.74) is 7.55. The van der Waals surface area contributed by atoms with Crippen LogP contribution in [0, 0.1) is 0 Å². The fraction of sp³-hybridized carbons (Fsp3) is 0.333. The van der Waals surface area contributed by atoms with Crippen LogP contribution in [-0.2, 0) is 9.53 Å². The maximum Gasteiger partial charge on any atom is 0.554 e. The van der Waals surface area contributed by atoms with Gasteiger partial charge in [-0.3, -0.25) is 0 Å². The highest BCUT2D eigenvalue weighted by Crippen LogP contribution is 1.76. The van der Waals surface area contributed by atoms with E-state index in [1.54, 1.807) is 0 Å². The van der Waals surface area contributed by atoms with Crippen molar-refractivity contribution in [2.45, 2.75) is 0 Å². The minimum absolute atomic E-state index is 0.979. The average molecular weight is 118 g/mol. The normalized spacial score (nSPS) is 7.25. The Morgan fingerprint density at radius 1 is 1.88 bits per heavy atom. The first kappa shape index (κ1) is 6.78. The minimum atomic E-state index is -1.55. The smallest absolute Gasteiger partial charge is 0.458 e. The number of rotatable bonds is 1. The van der Waals surface area contributed by atoms with Gasteiger partial charge in [0.05, 0.1) is 7.11 Å². The quantitative estimate of drug-likeness (QED) is 0.206. The van der Waals surface area contributed by atoms with E-state index in [0.29, 0.717) is 0 Å². The molecule has 0 heterocycles. The van der Waals surface area contributed by atoms with Crippen molar-refractivity contribution in [3.63, 3.8) is 0 Å². The summed E-state index contributed by atoms with van der Waals surface area (Å²) in [6.45, 7) is 0. The molecule has 0 radical (unpaired) electrons. The summed E-state index contributed by atoms with van der Waals surface area (Å²) < 4.78 is 15.3. The van der Waals surface area contributed by atoms with Crippen molar-refractivity contribution >= 4 is 11.9 Å². The predicted octanol–water partition coefficient (Wildman–Crippen LogP) is -0.243. The number of hydrogen-bond acceptors (Lipinski definition) is 2. The van der Waals surface area contributed by atoms with Gasteiger partial charge in [-0.25, -0.2) is 4.79 Å². The third-order valence-corrected chi connectivity index (χ3v) is 0.442. The zero-order valence-corrected chi connectivity index (χ0v) is 4.09. The van der Waals surface area contributed by atoms with Crippen LogP contribution in [0.25, 0.3) is 5.53 Å². The van der Waals surface area contributed by atoms with Crippen LogP contribution in [0.2, 0.25) is 0 Å². The van der Waals surface area contributed by atoms with Gasteiger partial charge in [-0.2, -0.15) is 0 Å². The summed E-state index contributed by atoms with van der Waals surface area (Å²) in [5.74, 6) is -2.83. The first-order chi connectivity index (χ1) is 3.72. The number of halogens is 1. The van der Waals surface area contributed by atoms with Crippen molar-refractivity contribution in [2.75, 3.05) is 7.11 Å². The Hall–Kier alpha value is -1.22. The molecule has 0 atom stereocenters. The second kappa shape index (κ2) is 2.87. The van der Waals surface area contributed by atoms with Crippen LogP contribution in [0.15, 0.2) is 0 Å². The van der Waals surface area contributed by atoms with Crippen LogP contribution < -0.4 is 0 Å². The van der Waals surface area contributed by atoms with Crippen LogP contribution in [0.1, 0.15) is 0 Å². The van der Waals surface area contributed by atoms with Crippen molar-refractivity contribution < 1.29 is 18.7 Å². The maximum atomic E-state index is 11.6. The van der Waals surface area contributed by atoms with E-state index in [1.807, 2.05) is 4.79 Å². The zero-order valence-electron chi connectivity index (χ0n) is 4.09. The van der Waals surface area contributed by atoms with Crippen LogP contribution >= 0.6 is 0 Å². The molecule has 5 heteroatoms. The SMILES string of the molecule is COC(=O)C(F)=[N+]=[N-]. The molecule has 0 saturated heterocycles. The van der Waals surface area contributed by atoms with E-state index in [-0.39, 0.29) is 0 Å². The van der Waals surface area contributed by atoms with E-state index in [9.17, 15) is 9.18 Å². The molecule has 0 aliphatic carbocycles. The molecular weight excluding hydrogens is 115 g/mol. The Kier molecular flexibility index (Phi) is 2.43. The summed E-state index contributed by atoms with van der Waals surface area (Å²) in [5, 5.41) is 0. The third kappa shape index (κ3) is 1.49. The van der Waals surface area contributed by atoms with Gasteiger partial charge in [0, 0.05) is 0 Å². The average Bonchev–Trinajstić information content (AvgIpc) is 1.84. The standard InChI is InChI=1S/C3H3FN2O2/c1-8-3(7)2(4)6-5/h1H3. The number of esters is 1. The molecule has 0 spiro atoms. The maximum absolute atomic E-state index is 11.6. The zero-order chi connectivity index (χ0) is 6.57. The Labute approximate surface area is 44.5 Å². The molecule has 0 aromatic carbocycles. The molecule has 44 valence electrons. The summed E-state index contributed by atoms with van der Waals surface area (Å²) >= 11 is 0. The molecule has 0 aromatic heterocycles. The summed E-state index contributed by atoms with van der Waals surface area (Å²) in [7, 11) is 0.979. The first-order valence-electron chi connectivity index (χ1n) is 1.68. The lowest BCUT2D eigenvalue weighted by Gasteiger charge is -1.80. The van der Waals surface area contributed by atoms with Crippen LogP contribution in [0.3, 0.4) is 0 Å². The lowest BCUT2D eigenvalue weighted by Crippen LogP contribution is -2.10. The first-order valence-corrected chi connectivity index (χ1v) is 1.68. The summed E-state index contributed by atoms with van der Waals surface area (Å²) in [6.07, 6.45) is 0. The molecule has 4 nitrogen and oxygen atoms in total. The monoisotopic (exact) mass is 118 g/mol. The second-order valence-corrected chi connectivity index (χ2v) is 0.882. The lowest BCUT2D eigenvalue weighted by molar-refractivity contribution is -0.139. The highest BCUT2D eigenvalue weighted by Gasteiger charge is 2.18. The topological polar surface area (TPSA) is 62.7 Å². The van der Waals surface area contributed by atoms with Gasteiger partial charge in [0.1, 0.15) is 0 Å². The lowest BCUT2D eigenvalue weighted by atomic mass is 10.7. The van der Waals surface area contributed by atoms with E-state index in [4.69, 9.17) is 5.53 Å². The molecule has 0 N–H and O–H groups in total. The van der Waals surface area contributed by atoms with Crippen molar-refractivity contribution in [1.82, 2.24) is 0 Å². The highest BCUT2D eigenvalue weighted by molar-refractivity contribution is 6.29. The fourth-order valence-corrected chi connectivity index (χ4v) is 0.125. The van der Waals surface area contributed by atoms with Crippen LogP contribution in [-0.4, -0.2) is 23.8 Å². The largest absolute Gasteiger partial charge is 0.554 e. The fourth-order valence-electron chi connectivity index (χ4n) is 0.125. The highest BCUT2D eigenvalue weighted by atomic mass is 19.1. The number of carbonyl (C=O) groups excluding carboxylic acids is 1. The molecule has 0 amide bonds. The van der Waals surface area contributed by atoms with Crippen molar-refractivity contribution in [1.29, 1.82) is 0 Å². The van der Waals surface area contributed by atoms with Crippen LogP contribution in [0.4, 0.5) is 4.39 Å². The number of hydrogen-bond donors (Lipinski definition) is 0. The van der Waals surface area contributed by atoms with Gasteiger partial charge in [0.15, 0.2) is 0 Å². The Morgan fingerprint density at radius 3 is 2.50 bits per heavy atom. The van der Waals surface area contributed by atoms with E-state index in [0.717, 1.165) is 7.11 Å². The molecule has 0 fully saturated rings. The number of methoxy groups -OCH3 is 1. The molecule has 0 bridgehead atoms. The Morgan fingerprint density at radius 2 is 2.38 bits per heavy atom. The molecule has 0 unspecified atom stereocenters. The van der Waals surface area contributed by atoms with E-state index in [2.05, 4.69) is 4.74 Å². The number of ether oxygens (including phenoxy) is 1. The Bertz CT molecular complexity index is 149. The van der Waals surface area contributed by atoms with Crippen molar-refractivity contribution in [3.8, 4) is 0 Å². The Balaban J connectivity index is 4.04. The molecule has 0 rings (SSSR count). The summed E-state index contributed by atoms with van der Waals surface area (Å²) in [4.78, 5) is 11.8. The van der Waals surface area contributed by atoms with Crippen LogP contribution in [0.5, 0.6) is 0 Å². The third-order valence-electron chi connectivity index (χ3n) is 0.442. The van der Waals surface area contributed by atoms with Gasteiger partial charge < -0.3 is 10.3 Å². The van der Waals surface area contributed by atoms with Gasteiger partial charge in [-0.15, -0.1) is 9.18 Å². The molecule has 8 heavy (non-hydrogen) atoms. The van der Waals surface area contributed by atoms with Gasteiger partial charge >= 0.3 is 11.9 Å². The van der Waals surface area contributed by atoms with Gasteiger partial charge in [0.2, 0.25) is 0 Å². The van der Waals surface area contributed by atoms with Crippen molar-refractivity contribution in [2.24, 2.45) is 0 Å². The van der Waals surface area contributed by atoms with Crippen molar-refractivity contribution in [3.05, 3.63) is 5.53 Å². The molecule has 0 aliphatic rings. The molecule has 0 aliphatic heterocycles.